The molecule has 1 aliphatic rings. The Morgan fingerprint density at radius 3 is 2.77 bits per heavy atom. The first-order valence-electron chi connectivity index (χ1n) is 5.45. The smallest absolute Gasteiger partial charge is 0.00719 e. The van der Waals surface area contributed by atoms with Crippen molar-refractivity contribution in [3.63, 3.8) is 0 Å². The van der Waals surface area contributed by atoms with Gasteiger partial charge in [-0.2, -0.15) is 0 Å². The Morgan fingerprint density at radius 1 is 1.54 bits per heavy atom. The fourth-order valence-electron chi connectivity index (χ4n) is 2.87. The lowest BCUT2D eigenvalue weighted by Crippen LogP contribution is -2.33. The van der Waals surface area contributed by atoms with Gasteiger partial charge in [0, 0.05) is 0 Å². The molecule has 1 fully saturated rings. The molecule has 0 saturated heterocycles. The maximum absolute atomic E-state index is 5.68. The third-order valence-corrected chi connectivity index (χ3v) is 3.64. The van der Waals surface area contributed by atoms with Crippen molar-refractivity contribution in [2.45, 2.75) is 46.0 Å². The van der Waals surface area contributed by atoms with Crippen LogP contribution in [-0.4, -0.2) is 6.54 Å². The van der Waals surface area contributed by atoms with Gasteiger partial charge < -0.3 is 5.73 Å². The van der Waals surface area contributed by atoms with E-state index in [0.29, 0.717) is 11.3 Å². The topological polar surface area (TPSA) is 26.0 Å². The molecular formula is C12H23N. The molecule has 1 heteroatoms. The van der Waals surface area contributed by atoms with Crippen molar-refractivity contribution in [1.29, 1.82) is 0 Å². The van der Waals surface area contributed by atoms with Crippen LogP contribution in [0.5, 0.6) is 0 Å². The maximum Gasteiger partial charge on any atom is -0.00719 e. The molecule has 13 heavy (non-hydrogen) atoms. The molecule has 0 bridgehead atoms. The Balaban J connectivity index is 2.70. The Hall–Kier alpha value is -0.300. The number of hydrogen-bond acceptors (Lipinski definition) is 1. The number of hydrogen-bond donors (Lipinski definition) is 1. The van der Waals surface area contributed by atoms with Crippen LogP contribution >= 0.6 is 0 Å². The van der Waals surface area contributed by atoms with Crippen LogP contribution < -0.4 is 5.73 Å². The molecule has 0 radical (unpaired) electrons. The van der Waals surface area contributed by atoms with Crippen LogP contribution in [0, 0.1) is 11.3 Å². The van der Waals surface area contributed by atoms with E-state index in [0.717, 1.165) is 13.0 Å². The molecule has 2 N–H and O–H groups in total. The summed E-state index contributed by atoms with van der Waals surface area (Å²) in [5.41, 5.74) is 7.48. The van der Waals surface area contributed by atoms with Crippen LogP contribution in [0.2, 0.25) is 0 Å². The van der Waals surface area contributed by atoms with Gasteiger partial charge in [0.25, 0.3) is 0 Å². The van der Waals surface area contributed by atoms with E-state index in [1.54, 1.807) is 0 Å². The molecule has 0 amide bonds. The van der Waals surface area contributed by atoms with Gasteiger partial charge in [-0.25, -0.2) is 0 Å². The standard InChI is InChI=1S/C12H23N/c1-10(2)11-6-4-5-7-12(11,3)8-9-13/h11H,1,4-9,13H2,2-3H3. The number of allylic oxidation sites excluding steroid dienone is 1. The van der Waals surface area contributed by atoms with Gasteiger partial charge in [-0.1, -0.05) is 31.9 Å². The van der Waals surface area contributed by atoms with Crippen LogP contribution in [-0.2, 0) is 0 Å². The molecule has 0 heterocycles. The summed E-state index contributed by atoms with van der Waals surface area (Å²) in [6.07, 6.45) is 6.57. The predicted octanol–water partition coefficient (Wildman–Crippen LogP) is 3.11. The molecule has 2 atom stereocenters. The molecule has 1 saturated carbocycles. The highest BCUT2D eigenvalue weighted by atomic mass is 14.6. The summed E-state index contributed by atoms with van der Waals surface area (Å²) < 4.78 is 0. The second-order valence-electron chi connectivity index (χ2n) is 4.84. The Labute approximate surface area is 82.4 Å². The van der Waals surface area contributed by atoms with Crippen LogP contribution in [0.4, 0.5) is 0 Å². The fraction of sp³-hybridized carbons (Fsp3) is 0.833. The van der Waals surface area contributed by atoms with Crippen molar-refractivity contribution in [3.05, 3.63) is 12.2 Å². The van der Waals surface area contributed by atoms with E-state index in [-0.39, 0.29) is 0 Å². The second kappa shape index (κ2) is 4.28. The monoisotopic (exact) mass is 181 g/mol. The van der Waals surface area contributed by atoms with E-state index in [1.807, 2.05) is 0 Å². The largest absolute Gasteiger partial charge is 0.330 e. The van der Waals surface area contributed by atoms with Gasteiger partial charge in [0.15, 0.2) is 0 Å². The first kappa shape index (κ1) is 10.8. The van der Waals surface area contributed by atoms with Gasteiger partial charge in [0.2, 0.25) is 0 Å². The summed E-state index contributed by atoms with van der Waals surface area (Å²) in [4.78, 5) is 0. The highest BCUT2D eigenvalue weighted by Gasteiger charge is 2.35. The van der Waals surface area contributed by atoms with Crippen molar-refractivity contribution in [2.24, 2.45) is 17.1 Å². The van der Waals surface area contributed by atoms with Crippen LogP contribution in [0.15, 0.2) is 12.2 Å². The Bertz CT molecular complexity index is 182. The summed E-state index contributed by atoms with van der Waals surface area (Å²) in [5, 5.41) is 0. The van der Waals surface area contributed by atoms with Gasteiger partial charge in [-0.15, -0.1) is 0 Å². The number of nitrogens with two attached hydrogens (primary N) is 1. The van der Waals surface area contributed by atoms with E-state index < -0.39 is 0 Å². The molecular weight excluding hydrogens is 158 g/mol. The third-order valence-electron chi connectivity index (χ3n) is 3.64. The molecule has 1 aliphatic carbocycles. The van der Waals surface area contributed by atoms with Crippen LogP contribution in [0.3, 0.4) is 0 Å². The first-order chi connectivity index (χ1) is 6.10. The summed E-state index contributed by atoms with van der Waals surface area (Å²) in [6.45, 7) is 9.49. The summed E-state index contributed by atoms with van der Waals surface area (Å²) >= 11 is 0. The average Bonchev–Trinajstić information content (AvgIpc) is 2.04. The van der Waals surface area contributed by atoms with E-state index >= 15 is 0 Å². The maximum atomic E-state index is 5.68. The number of rotatable bonds is 3. The lowest BCUT2D eigenvalue weighted by molar-refractivity contribution is 0.134. The summed E-state index contributed by atoms with van der Waals surface area (Å²) in [7, 11) is 0. The Morgan fingerprint density at radius 2 is 2.23 bits per heavy atom. The van der Waals surface area contributed by atoms with Gasteiger partial charge >= 0.3 is 0 Å². The van der Waals surface area contributed by atoms with Crippen molar-refractivity contribution >= 4 is 0 Å². The zero-order chi connectivity index (χ0) is 9.90. The molecule has 1 rings (SSSR count). The second-order valence-corrected chi connectivity index (χ2v) is 4.84. The minimum atomic E-state index is 0.443. The van der Waals surface area contributed by atoms with Gasteiger partial charge in [0.1, 0.15) is 0 Å². The molecule has 0 spiro atoms. The van der Waals surface area contributed by atoms with Crippen LogP contribution in [0.1, 0.15) is 46.0 Å². The van der Waals surface area contributed by atoms with Crippen molar-refractivity contribution in [2.75, 3.05) is 6.54 Å². The zero-order valence-corrected chi connectivity index (χ0v) is 9.10. The quantitative estimate of drug-likeness (QED) is 0.665. The van der Waals surface area contributed by atoms with Crippen molar-refractivity contribution < 1.29 is 0 Å². The average molecular weight is 181 g/mol. The fourth-order valence-corrected chi connectivity index (χ4v) is 2.87. The molecule has 0 aromatic heterocycles. The summed E-state index contributed by atoms with van der Waals surface area (Å²) in [5.74, 6) is 0.713. The lowest BCUT2D eigenvalue weighted by Gasteiger charge is -2.42. The van der Waals surface area contributed by atoms with Crippen molar-refractivity contribution in [3.8, 4) is 0 Å². The first-order valence-corrected chi connectivity index (χ1v) is 5.45. The molecule has 76 valence electrons. The van der Waals surface area contributed by atoms with E-state index in [4.69, 9.17) is 5.73 Å². The normalized spacial score (nSPS) is 34.5. The van der Waals surface area contributed by atoms with E-state index in [2.05, 4.69) is 20.4 Å². The minimum Gasteiger partial charge on any atom is -0.330 e. The highest BCUT2D eigenvalue weighted by Crippen LogP contribution is 2.46. The van der Waals surface area contributed by atoms with E-state index in [9.17, 15) is 0 Å². The van der Waals surface area contributed by atoms with Crippen LogP contribution in [0.25, 0.3) is 0 Å². The molecule has 2 unspecified atom stereocenters. The van der Waals surface area contributed by atoms with E-state index in [1.165, 1.54) is 31.3 Å². The minimum absolute atomic E-state index is 0.443. The lowest BCUT2D eigenvalue weighted by atomic mass is 9.63. The van der Waals surface area contributed by atoms with Crippen molar-refractivity contribution in [1.82, 2.24) is 0 Å². The predicted molar refractivity (Wildman–Crippen MR) is 58.6 cm³/mol. The highest BCUT2D eigenvalue weighted by molar-refractivity contribution is 5.05. The molecule has 0 aliphatic heterocycles. The van der Waals surface area contributed by atoms with Gasteiger partial charge in [0.05, 0.1) is 0 Å². The molecule has 0 aromatic carbocycles. The van der Waals surface area contributed by atoms with Gasteiger partial charge in [-0.3, -0.25) is 0 Å². The SMILES string of the molecule is C=C(C)C1CCCCC1(C)CCN. The zero-order valence-electron chi connectivity index (χ0n) is 9.10. The molecule has 0 aromatic rings. The Kier molecular flexibility index (Phi) is 3.55. The molecule has 1 nitrogen and oxygen atoms in total. The van der Waals surface area contributed by atoms with Gasteiger partial charge in [-0.05, 0) is 44.1 Å². The summed E-state index contributed by atoms with van der Waals surface area (Å²) in [6, 6.07) is 0. The third kappa shape index (κ3) is 2.34.